The SMILES string of the molecule is N#Cc1cc(-n2c3ccc(-c4ccccc4)cc3c3c4ccccc4ccc32)cc(C#N)c1-n1c2ccc(-c3ccccc3)cc2c2c3ccccc3ccc21. The number of aromatic nitrogens is 2. The van der Waals surface area contributed by atoms with Crippen LogP contribution in [0.15, 0.2) is 182 Å². The molecule has 0 aliphatic heterocycles. The van der Waals surface area contributed by atoms with E-state index in [-0.39, 0.29) is 0 Å². The Morgan fingerprint density at radius 1 is 0.339 bits per heavy atom. The van der Waals surface area contributed by atoms with Gasteiger partial charge in [0.1, 0.15) is 12.1 Å². The van der Waals surface area contributed by atoms with Crippen LogP contribution in [-0.4, -0.2) is 9.13 Å². The fourth-order valence-corrected chi connectivity index (χ4v) is 8.88. The molecule has 0 bridgehead atoms. The lowest BCUT2D eigenvalue weighted by Gasteiger charge is -2.16. The Balaban J connectivity index is 1.21. The molecule has 0 unspecified atom stereocenters. The second-order valence-corrected chi connectivity index (χ2v) is 14.3. The summed E-state index contributed by atoms with van der Waals surface area (Å²) in [5.74, 6) is 0. The van der Waals surface area contributed by atoms with Crippen molar-refractivity contribution in [3.63, 3.8) is 0 Å². The fraction of sp³-hybridized carbons (Fsp3) is 0. The van der Waals surface area contributed by atoms with Crippen molar-refractivity contribution in [2.75, 3.05) is 0 Å². The maximum absolute atomic E-state index is 11.0. The second-order valence-electron chi connectivity index (χ2n) is 14.3. The predicted octanol–water partition coefficient (Wildman–Crippen LogP) is 13.3. The number of hydrogen-bond donors (Lipinski definition) is 0. The van der Waals surface area contributed by atoms with Gasteiger partial charge < -0.3 is 9.13 Å². The Kier molecular flexibility index (Phi) is 6.95. The van der Waals surface area contributed by atoms with E-state index in [0.29, 0.717) is 16.8 Å². The van der Waals surface area contributed by atoms with Gasteiger partial charge >= 0.3 is 0 Å². The van der Waals surface area contributed by atoms with E-state index in [1.54, 1.807) is 0 Å². The smallest absolute Gasteiger partial charge is 0.101 e. The van der Waals surface area contributed by atoms with Crippen LogP contribution < -0.4 is 0 Å². The summed E-state index contributed by atoms with van der Waals surface area (Å²) in [5, 5.41) is 31.0. The monoisotopic (exact) mass is 710 g/mol. The third-order valence-corrected chi connectivity index (χ3v) is 11.3. The van der Waals surface area contributed by atoms with Crippen LogP contribution in [0.25, 0.3) is 98.8 Å². The topological polar surface area (TPSA) is 57.4 Å². The summed E-state index contributed by atoms with van der Waals surface area (Å²) in [6.07, 6.45) is 0. The average Bonchev–Trinajstić information content (AvgIpc) is 3.79. The van der Waals surface area contributed by atoms with Crippen molar-refractivity contribution in [1.82, 2.24) is 9.13 Å². The average molecular weight is 711 g/mol. The minimum absolute atomic E-state index is 0.426. The molecule has 2 heterocycles. The lowest BCUT2D eigenvalue weighted by atomic mass is 10.0. The molecule has 0 aliphatic carbocycles. The minimum Gasteiger partial charge on any atom is -0.309 e. The highest BCUT2D eigenvalue weighted by atomic mass is 15.0. The van der Waals surface area contributed by atoms with Gasteiger partial charge in [0.2, 0.25) is 0 Å². The summed E-state index contributed by atoms with van der Waals surface area (Å²) in [4.78, 5) is 0. The van der Waals surface area contributed by atoms with E-state index in [9.17, 15) is 10.5 Å². The first kappa shape index (κ1) is 31.6. The molecule has 56 heavy (non-hydrogen) atoms. The number of hydrogen-bond acceptors (Lipinski definition) is 2. The van der Waals surface area contributed by atoms with Gasteiger partial charge in [0.05, 0.1) is 38.9 Å². The summed E-state index contributed by atoms with van der Waals surface area (Å²) >= 11 is 0. The molecule has 4 nitrogen and oxygen atoms in total. The molecule has 2 aromatic heterocycles. The lowest BCUT2D eigenvalue weighted by molar-refractivity contribution is 1.12. The Morgan fingerprint density at radius 3 is 1.27 bits per heavy atom. The van der Waals surface area contributed by atoms with Gasteiger partial charge in [0.15, 0.2) is 0 Å². The molecule has 0 atom stereocenters. The van der Waals surface area contributed by atoms with Crippen LogP contribution in [0.1, 0.15) is 11.1 Å². The molecule has 0 amide bonds. The van der Waals surface area contributed by atoms with Crippen molar-refractivity contribution in [3.8, 4) is 45.8 Å². The zero-order valence-corrected chi connectivity index (χ0v) is 30.1. The molecular weight excluding hydrogens is 681 g/mol. The van der Waals surface area contributed by atoms with Gasteiger partial charge in [0.25, 0.3) is 0 Å². The molecule has 11 rings (SSSR count). The highest BCUT2D eigenvalue weighted by Crippen LogP contribution is 2.43. The number of fused-ring (bicyclic) bond motifs is 10. The van der Waals surface area contributed by atoms with Crippen LogP contribution in [0, 0.1) is 22.7 Å². The summed E-state index contributed by atoms with van der Waals surface area (Å²) in [6.45, 7) is 0. The summed E-state index contributed by atoms with van der Waals surface area (Å²) in [7, 11) is 0. The van der Waals surface area contributed by atoms with Gasteiger partial charge in [-0.25, -0.2) is 0 Å². The zero-order chi connectivity index (χ0) is 37.3. The highest BCUT2D eigenvalue weighted by Gasteiger charge is 2.23. The van der Waals surface area contributed by atoms with Crippen molar-refractivity contribution in [2.24, 2.45) is 0 Å². The van der Waals surface area contributed by atoms with Crippen LogP contribution in [0.3, 0.4) is 0 Å². The number of nitriles is 2. The van der Waals surface area contributed by atoms with E-state index in [1.165, 1.54) is 0 Å². The first-order valence-electron chi connectivity index (χ1n) is 18.7. The van der Waals surface area contributed by atoms with Crippen molar-refractivity contribution >= 4 is 65.2 Å². The molecule has 4 heteroatoms. The first-order chi connectivity index (χ1) is 27.7. The molecule has 0 spiro atoms. The summed E-state index contributed by atoms with van der Waals surface area (Å²) < 4.78 is 4.33. The Morgan fingerprint density at radius 2 is 0.768 bits per heavy atom. The van der Waals surface area contributed by atoms with E-state index < -0.39 is 0 Å². The van der Waals surface area contributed by atoms with Gasteiger partial charge in [-0.3, -0.25) is 0 Å². The van der Waals surface area contributed by atoms with Gasteiger partial charge in [-0.2, -0.15) is 10.5 Å². The minimum atomic E-state index is 0.426. The first-order valence-corrected chi connectivity index (χ1v) is 18.7. The van der Waals surface area contributed by atoms with Crippen LogP contribution in [-0.2, 0) is 0 Å². The van der Waals surface area contributed by atoms with Gasteiger partial charge in [0, 0.05) is 27.2 Å². The van der Waals surface area contributed by atoms with Crippen LogP contribution in [0.5, 0.6) is 0 Å². The number of nitrogens with zero attached hydrogens (tertiary/aromatic N) is 4. The lowest BCUT2D eigenvalue weighted by Crippen LogP contribution is -2.04. The molecule has 0 saturated carbocycles. The van der Waals surface area contributed by atoms with E-state index in [4.69, 9.17) is 0 Å². The molecule has 0 saturated heterocycles. The van der Waals surface area contributed by atoms with Gasteiger partial charge in [-0.15, -0.1) is 0 Å². The van der Waals surface area contributed by atoms with E-state index in [2.05, 4.69) is 179 Å². The standard InChI is InChI=1S/C52H30N4/c53-31-39-27-41(55-46-23-21-37(33-11-3-1-4-12-33)29-44(46)50-42-17-9-7-15-35(42)19-25-48(50)55)28-40(32-54)52(39)56-47-24-22-38(34-13-5-2-6-14-34)30-45(47)51-43-18-10-8-16-36(43)20-26-49(51)56/h1-30H. The predicted molar refractivity (Wildman–Crippen MR) is 230 cm³/mol. The molecule has 9 aromatic carbocycles. The molecule has 11 aromatic rings. The highest BCUT2D eigenvalue weighted by molar-refractivity contribution is 6.23. The van der Waals surface area contributed by atoms with Crippen molar-refractivity contribution in [2.45, 2.75) is 0 Å². The van der Waals surface area contributed by atoms with E-state index in [1.807, 2.05) is 24.3 Å². The molecule has 0 fully saturated rings. The van der Waals surface area contributed by atoms with Crippen molar-refractivity contribution in [3.05, 3.63) is 193 Å². The van der Waals surface area contributed by atoms with Gasteiger partial charge in [-0.1, -0.05) is 133 Å². The van der Waals surface area contributed by atoms with Crippen molar-refractivity contribution < 1.29 is 0 Å². The molecule has 0 N–H and O–H groups in total. The number of rotatable bonds is 4. The van der Waals surface area contributed by atoms with E-state index >= 15 is 0 Å². The molecular formula is C52H30N4. The maximum atomic E-state index is 11.0. The molecule has 0 aliphatic rings. The molecule has 258 valence electrons. The Hall–Kier alpha value is -7.92. The van der Waals surface area contributed by atoms with Gasteiger partial charge in [-0.05, 0) is 92.3 Å². The number of benzene rings is 9. The van der Waals surface area contributed by atoms with Crippen molar-refractivity contribution in [1.29, 1.82) is 10.5 Å². The largest absolute Gasteiger partial charge is 0.309 e. The second kappa shape index (κ2) is 12.3. The quantitative estimate of drug-likeness (QED) is 0.183. The maximum Gasteiger partial charge on any atom is 0.101 e. The third kappa shape index (κ3) is 4.64. The summed E-state index contributed by atoms with van der Waals surface area (Å²) in [5.41, 5.74) is 10.6. The Labute approximate surface area is 322 Å². The fourth-order valence-electron chi connectivity index (χ4n) is 8.88. The normalized spacial score (nSPS) is 11.5. The van der Waals surface area contributed by atoms with E-state index in [0.717, 1.165) is 93.1 Å². The van der Waals surface area contributed by atoms with Crippen LogP contribution >= 0.6 is 0 Å². The molecule has 0 radical (unpaired) electrons. The summed E-state index contributed by atoms with van der Waals surface area (Å²) in [6, 6.07) is 68.4. The van der Waals surface area contributed by atoms with Crippen LogP contribution in [0.2, 0.25) is 0 Å². The zero-order valence-electron chi connectivity index (χ0n) is 30.1. The Bertz CT molecular complexity index is 3450. The third-order valence-electron chi connectivity index (χ3n) is 11.3. The van der Waals surface area contributed by atoms with Crippen LogP contribution in [0.4, 0.5) is 0 Å².